The van der Waals surface area contributed by atoms with Gasteiger partial charge in [-0.15, -0.1) is 0 Å². The monoisotopic (exact) mass is 229 g/mol. The number of pyridine rings is 1. The molecule has 2 heteroatoms. The van der Waals surface area contributed by atoms with Gasteiger partial charge in [0.1, 0.15) is 0 Å². The van der Waals surface area contributed by atoms with E-state index < -0.39 is 0 Å². The van der Waals surface area contributed by atoms with E-state index in [0.717, 1.165) is 31.4 Å². The first kappa shape index (κ1) is 12.1. The van der Waals surface area contributed by atoms with Crippen LogP contribution in [0.3, 0.4) is 0 Å². The largest absolute Gasteiger partial charge is 0.385 e. The molecule has 0 saturated carbocycles. The smallest absolute Gasteiger partial charge is 0.0733 e. The third kappa shape index (κ3) is 2.83. The second-order valence-electron chi connectivity index (χ2n) is 4.28. The van der Waals surface area contributed by atoms with Crippen molar-refractivity contribution in [3.05, 3.63) is 41.6 Å². The first-order valence-corrected chi connectivity index (χ1v) is 6.20. The second kappa shape index (κ2) is 5.78. The summed E-state index contributed by atoms with van der Waals surface area (Å²) in [5.74, 6) is 0. The van der Waals surface area contributed by atoms with Gasteiger partial charge in [0.05, 0.1) is 5.52 Å². The highest BCUT2D eigenvalue weighted by molar-refractivity contribution is 5.82. The Morgan fingerprint density at radius 3 is 2.94 bits per heavy atom. The molecule has 90 valence electrons. The van der Waals surface area contributed by atoms with Crippen molar-refractivity contribution in [2.24, 2.45) is 0 Å². The van der Waals surface area contributed by atoms with E-state index in [4.69, 9.17) is 4.74 Å². The average molecular weight is 229 g/mol. The lowest BCUT2D eigenvalue weighted by Gasteiger charge is -2.08. The third-order valence-electron chi connectivity index (χ3n) is 3.04. The fourth-order valence-corrected chi connectivity index (χ4v) is 2.17. The summed E-state index contributed by atoms with van der Waals surface area (Å²) >= 11 is 0. The Kier molecular flexibility index (Phi) is 4.10. The zero-order chi connectivity index (χ0) is 12.1. The molecule has 0 aliphatic rings. The molecular weight excluding hydrogens is 210 g/mol. The van der Waals surface area contributed by atoms with Crippen LogP contribution in [0.1, 0.15) is 24.5 Å². The van der Waals surface area contributed by atoms with E-state index in [1.165, 1.54) is 16.5 Å². The van der Waals surface area contributed by atoms with E-state index >= 15 is 0 Å². The fraction of sp³-hybridized carbons (Fsp3) is 0.400. The van der Waals surface area contributed by atoms with Crippen LogP contribution in [0.4, 0.5) is 0 Å². The molecule has 2 rings (SSSR count). The number of benzene rings is 1. The summed E-state index contributed by atoms with van der Waals surface area (Å²) in [5.41, 5.74) is 3.88. The highest BCUT2D eigenvalue weighted by Crippen LogP contribution is 2.20. The van der Waals surface area contributed by atoms with Crippen LogP contribution in [0.5, 0.6) is 0 Å². The molecule has 0 spiro atoms. The molecule has 0 fully saturated rings. The maximum Gasteiger partial charge on any atom is 0.0733 e. The van der Waals surface area contributed by atoms with E-state index in [1.54, 1.807) is 7.11 Å². The summed E-state index contributed by atoms with van der Waals surface area (Å²) in [6.07, 6.45) is 5.05. The Labute approximate surface area is 103 Å². The zero-order valence-electron chi connectivity index (χ0n) is 10.6. The van der Waals surface area contributed by atoms with E-state index in [0.29, 0.717) is 0 Å². The Morgan fingerprint density at radius 2 is 2.18 bits per heavy atom. The highest BCUT2D eigenvalue weighted by atomic mass is 16.5. The van der Waals surface area contributed by atoms with Gasteiger partial charge in [-0.3, -0.25) is 4.98 Å². The lowest BCUT2D eigenvalue weighted by atomic mass is 10.0. The molecule has 2 aromatic rings. The Hall–Kier alpha value is -1.41. The molecule has 0 aliphatic carbocycles. The summed E-state index contributed by atoms with van der Waals surface area (Å²) in [7, 11) is 1.75. The van der Waals surface area contributed by atoms with Crippen LogP contribution in [0.25, 0.3) is 10.9 Å². The second-order valence-corrected chi connectivity index (χ2v) is 4.28. The van der Waals surface area contributed by atoms with Gasteiger partial charge in [-0.05, 0) is 42.5 Å². The third-order valence-corrected chi connectivity index (χ3v) is 3.04. The number of hydrogen-bond acceptors (Lipinski definition) is 2. The summed E-state index contributed by atoms with van der Waals surface area (Å²) in [4.78, 5) is 4.46. The first-order chi connectivity index (χ1) is 8.35. The maximum atomic E-state index is 5.10. The van der Waals surface area contributed by atoms with Gasteiger partial charge in [-0.25, -0.2) is 0 Å². The molecule has 17 heavy (non-hydrogen) atoms. The van der Waals surface area contributed by atoms with Gasteiger partial charge in [-0.2, -0.15) is 0 Å². The topological polar surface area (TPSA) is 22.1 Å². The lowest BCUT2D eigenvalue weighted by Crippen LogP contribution is -1.95. The molecular formula is C15H19NO. The maximum absolute atomic E-state index is 5.10. The van der Waals surface area contributed by atoms with E-state index in [-0.39, 0.29) is 0 Å². The van der Waals surface area contributed by atoms with Crippen LogP contribution in [-0.4, -0.2) is 18.7 Å². The SMILES string of the molecule is CCc1cc(CCCOC)cc2cccnc12. The minimum absolute atomic E-state index is 0.826. The number of nitrogens with zero attached hydrogens (tertiary/aromatic N) is 1. The van der Waals surface area contributed by atoms with Crippen molar-refractivity contribution in [1.29, 1.82) is 0 Å². The lowest BCUT2D eigenvalue weighted by molar-refractivity contribution is 0.195. The van der Waals surface area contributed by atoms with Crippen molar-refractivity contribution in [2.75, 3.05) is 13.7 Å². The van der Waals surface area contributed by atoms with Gasteiger partial charge in [0.25, 0.3) is 0 Å². The Balaban J connectivity index is 2.32. The molecule has 0 saturated heterocycles. The summed E-state index contributed by atoms with van der Waals surface area (Å²) in [6, 6.07) is 8.67. The van der Waals surface area contributed by atoms with Crippen molar-refractivity contribution in [3.8, 4) is 0 Å². The summed E-state index contributed by atoms with van der Waals surface area (Å²) in [6.45, 7) is 3.01. The minimum Gasteiger partial charge on any atom is -0.385 e. The number of fused-ring (bicyclic) bond motifs is 1. The van der Waals surface area contributed by atoms with Crippen LogP contribution in [0, 0.1) is 0 Å². The van der Waals surface area contributed by atoms with Gasteiger partial charge in [0.2, 0.25) is 0 Å². The molecule has 1 aromatic carbocycles. The number of methoxy groups -OCH3 is 1. The molecule has 1 heterocycles. The minimum atomic E-state index is 0.826. The van der Waals surface area contributed by atoms with E-state index in [1.807, 2.05) is 12.3 Å². The van der Waals surface area contributed by atoms with E-state index in [2.05, 4.69) is 30.1 Å². The average Bonchev–Trinajstić information content (AvgIpc) is 2.38. The molecule has 0 aliphatic heterocycles. The van der Waals surface area contributed by atoms with Gasteiger partial charge < -0.3 is 4.74 Å². The highest BCUT2D eigenvalue weighted by Gasteiger charge is 2.03. The fourth-order valence-electron chi connectivity index (χ4n) is 2.17. The summed E-state index contributed by atoms with van der Waals surface area (Å²) < 4.78 is 5.10. The number of aromatic nitrogens is 1. The van der Waals surface area contributed by atoms with Crippen molar-refractivity contribution in [2.45, 2.75) is 26.2 Å². The van der Waals surface area contributed by atoms with Crippen LogP contribution >= 0.6 is 0 Å². The van der Waals surface area contributed by atoms with Crippen molar-refractivity contribution >= 4 is 10.9 Å². The van der Waals surface area contributed by atoms with Crippen LogP contribution < -0.4 is 0 Å². The molecule has 1 aromatic heterocycles. The molecule has 2 nitrogen and oxygen atoms in total. The summed E-state index contributed by atoms with van der Waals surface area (Å²) in [5, 5.41) is 1.25. The molecule has 0 N–H and O–H groups in total. The van der Waals surface area contributed by atoms with Gasteiger partial charge in [0.15, 0.2) is 0 Å². The standard InChI is InChI=1S/C15H19NO/c1-3-13-10-12(6-5-9-17-2)11-14-7-4-8-16-15(13)14/h4,7-8,10-11H,3,5-6,9H2,1-2H3. The molecule has 0 amide bonds. The number of aryl methyl sites for hydroxylation is 2. The predicted octanol–water partition coefficient (Wildman–Crippen LogP) is 3.38. The van der Waals surface area contributed by atoms with Crippen molar-refractivity contribution in [1.82, 2.24) is 4.98 Å². The predicted molar refractivity (Wildman–Crippen MR) is 71.3 cm³/mol. The van der Waals surface area contributed by atoms with Gasteiger partial charge in [-0.1, -0.05) is 19.1 Å². The van der Waals surface area contributed by atoms with Gasteiger partial charge in [0, 0.05) is 25.3 Å². The Bertz CT molecular complexity index is 493. The number of ether oxygens (including phenoxy) is 1. The van der Waals surface area contributed by atoms with Crippen LogP contribution in [0.2, 0.25) is 0 Å². The molecule has 0 unspecified atom stereocenters. The van der Waals surface area contributed by atoms with Crippen LogP contribution in [0.15, 0.2) is 30.5 Å². The molecule has 0 atom stereocenters. The Morgan fingerprint density at radius 1 is 1.29 bits per heavy atom. The molecule has 0 bridgehead atoms. The first-order valence-electron chi connectivity index (χ1n) is 6.20. The number of hydrogen-bond donors (Lipinski definition) is 0. The quantitative estimate of drug-likeness (QED) is 0.733. The zero-order valence-corrected chi connectivity index (χ0v) is 10.6. The number of rotatable bonds is 5. The van der Waals surface area contributed by atoms with Gasteiger partial charge >= 0.3 is 0 Å². The van der Waals surface area contributed by atoms with E-state index in [9.17, 15) is 0 Å². The van der Waals surface area contributed by atoms with Crippen LogP contribution in [-0.2, 0) is 17.6 Å². The van der Waals surface area contributed by atoms with Crippen molar-refractivity contribution < 1.29 is 4.74 Å². The normalized spacial score (nSPS) is 10.9. The molecule has 0 radical (unpaired) electrons. The van der Waals surface area contributed by atoms with Crippen molar-refractivity contribution in [3.63, 3.8) is 0 Å².